The van der Waals surface area contributed by atoms with Gasteiger partial charge in [0.05, 0.1) is 5.56 Å². The Morgan fingerprint density at radius 1 is 1.12 bits per heavy atom. The molecule has 1 aromatic carbocycles. The number of aromatic nitrogens is 1. The van der Waals surface area contributed by atoms with Crippen molar-refractivity contribution in [2.24, 2.45) is 0 Å². The number of hydrogen-bond acceptors (Lipinski definition) is 4. The summed E-state index contributed by atoms with van der Waals surface area (Å²) in [5, 5.41) is 8.31. The highest BCUT2D eigenvalue weighted by atomic mass is 35.5. The van der Waals surface area contributed by atoms with E-state index in [-0.39, 0.29) is 11.5 Å². The molecular formula is C23H27ClN4O4. The van der Waals surface area contributed by atoms with Crippen molar-refractivity contribution < 1.29 is 19.2 Å². The molecule has 1 aliphatic heterocycles. The quantitative estimate of drug-likeness (QED) is 0.456. The zero-order chi connectivity index (χ0) is 23.8. The van der Waals surface area contributed by atoms with E-state index in [1.165, 1.54) is 20.9 Å². The van der Waals surface area contributed by atoms with Gasteiger partial charge in [-0.2, -0.15) is 0 Å². The smallest absolute Gasteiger partial charge is 0.293 e. The first-order valence-corrected chi connectivity index (χ1v) is 10.7. The van der Waals surface area contributed by atoms with E-state index in [1.54, 1.807) is 29.7 Å². The van der Waals surface area contributed by atoms with E-state index in [0.717, 1.165) is 12.0 Å². The molecule has 32 heavy (non-hydrogen) atoms. The van der Waals surface area contributed by atoms with Gasteiger partial charge >= 0.3 is 0 Å². The van der Waals surface area contributed by atoms with Gasteiger partial charge in [-0.25, -0.2) is 0 Å². The van der Waals surface area contributed by atoms with Crippen molar-refractivity contribution in [3.8, 4) is 0 Å². The summed E-state index contributed by atoms with van der Waals surface area (Å²) in [6, 6.07) is 5.22. The van der Waals surface area contributed by atoms with E-state index in [2.05, 4.69) is 16.0 Å². The summed E-state index contributed by atoms with van der Waals surface area (Å²) in [5.74, 6) is -2.45. The number of fused-ring (bicyclic) bond motifs is 1. The van der Waals surface area contributed by atoms with Crippen LogP contribution in [0.1, 0.15) is 57.9 Å². The monoisotopic (exact) mass is 458 g/mol. The number of ketones is 1. The Morgan fingerprint density at radius 2 is 1.81 bits per heavy atom. The van der Waals surface area contributed by atoms with Gasteiger partial charge in [-0.05, 0) is 63.8 Å². The van der Waals surface area contributed by atoms with Gasteiger partial charge in [-0.3, -0.25) is 19.2 Å². The third-order valence-corrected chi connectivity index (χ3v) is 6.12. The molecule has 0 aliphatic carbocycles. The molecule has 0 atom stereocenters. The van der Waals surface area contributed by atoms with Gasteiger partial charge in [0.15, 0.2) is 0 Å². The molecule has 9 heteroatoms. The van der Waals surface area contributed by atoms with E-state index in [4.69, 9.17) is 11.6 Å². The van der Waals surface area contributed by atoms with Gasteiger partial charge in [-0.1, -0.05) is 17.7 Å². The Kier molecular flexibility index (Phi) is 6.46. The molecule has 8 nitrogen and oxygen atoms in total. The summed E-state index contributed by atoms with van der Waals surface area (Å²) < 4.78 is 1.80. The number of benzene rings is 1. The van der Waals surface area contributed by atoms with E-state index >= 15 is 0 Å². The fourth-order valence-electron chi connectivity index (χ4n) is 4.00. The van der Waals surface area contributed by atoms with Crippen LogP contribution >= 0.6 is 11.6 Å². The minimum Gasteiger partial charge on any atom is -0.357 e. The lowest BCUT2D eigenvalue weighted by Gasteiger charge is -2.23. The summed E-state index contributed by atoms with van der Waals surface area (Å²) in [7, 11) is 1.45. The van der Waals surface area contributed by atoms with Crippen LogP contribution in [-0.2, 0) is 22.6 Å². The normalized spacial score (nSPS) is 12.8. The van der Waals surface area contributed by atoms with Gasteiger partial charge in [0.25, 0.3) is 17.6 Å². The lowest BCUT2D eigenvalue weighted by molar-refractivity contribution is -0.130. The first-order chi connectivity index (χ1) is 15.0. The number of carbonyl (C=O) groups excluding carboxylic acids is 4. The van der Waals surface area contributed by atoms with Crippen LogP contribution in [0.25, 0.3) is 0 Å². The second-order valence-electron chi connectivity index (χ2n) is 8.46. The van der Waals surface area contributed by atoms with Crippen molar-refractivity contribution in [3.63, 3.8) is 0 Å². The maximum absolute atomic E-state index is 13.1. The SMILES string of the molecule is CNC(=O)C(C)(C)NC(=O)C(=O)c1c(C)c(C(=O)Nc2ccc(C)c(Cl)c2)n2c1CCC2. The maximum atomic E-state index is 13.1. The van der Waals surface area contributed by atoms with Gasteiger partial charge in [-0.15, -0.1) is 0 Å². The molecule has 0 bridgehead atoms. The fraction of sp³-hybridized carbons (Fsp3) is 0.391. The van der Waals surface area contributed by atoms with Gasteiger partial charge < -0.3 is 20.5 Å². The van der Waals surface area contributed by atoms with E-state index in [1.807, 2.05) is 6.92 Å². The average molecular weight is 459 g/mol. The third-order valence-electron chi connectivity index (χ3n) is 5.71. The highest BCUT2D eigenvalue weighted by Crippen LogP contribution is 2.30. The van der Waals surface area contributed by atoms with Crippen LogP contribution in [0.15, 0.2) is 18.2 Å². The molecule has 0 fully saturated rings. The van der Waals surface area contributed by atoms with Crippen LogP contribution in [0.2, 0.25) is 5.02 Å². The van der Waals surface area contributed by atoms with Crippen molar-refractivity contribution in [1.82, 2.24) is 15.2 Å². The molecule has 0 saturated carbocycles. The van der Waals surface area contributed by atoms with Crippen molar-refractivity contribution in [3.05, 3.63) is 51.3 Å². The second-order valence-corrected chi connectivity index (χ2v) is 8.86. The van der Waals surface area contributed by atoms with Crippen molar-refractivity contribution in [2.75, 3.05) is 12.4 Å². The number of nitrogens with one attached hydrogen (secondary N) is 3. The lowest BCUT2D eigenvalue weighted by Crippen LogP contribution is -2.55. The van der Waals surface area contributed by atoms with Crippen molar-refractivity contribution >= 4 is 40.8 Å². The number of aryl methyl sites for hydroxylation is 1. The number of rotatable bonds is 6. The Hall–Kier alpha value is -3.13. The molecule has 3 amide bonds. The number of hydrogen-bond donors (Lipinski definition) is 3. The number of anilines is 1. The predicted octanol–water partition coefficient (Wildman–Crippen LogP) is 2.78. The van der Waals surface area contributed by atoms with Crippen molar-refractivity contribution in [1.29, 1.82) is 0 Å². The Bertz CT molecular complexity index is 1130. The first kappa shape index (κ1) is 23.5. The molecule has 0 radical (unpaired) electrons. The number of nitrogens with zero attached hydrogens (tertiary/aromatic N) is 1. The summed E-state index contributed by atoms with van der Waals surface area (Å²) in [6.45, 7) is 7.13. The number of likely N-dealkylation sites (N-methyl/N-ethyl adjacent to an activating group) is 1. The molecule has 0 unspecified atom stereocenters. The Balaban J connectivity index is 1.92. The second kappa shape index (κ2) is 8.78. The van der Waals surface area contributed by atoms with Crippen LogP contribution < -0.4 is 16.0 Å². The maximum Gasteiger partial charge on any atom is 0.293 e. The van der Waals surface area contributed by atoms with Crippen LogP contribution in [-0.4, -0.2) is 40.7 Å². The molecule has 3 N–H and O–H groups in total. The van der Waals surface area contributed by atoms with Gasteiger partial charge in [0.2, 0.25) is 5.91 Å². The molecule has 0 spiro atoms. The summed E-state index contributed by atoms with van der Waals surface area (Å²) in [5.41, 5.74) is 1.83. The highest BCUT2D eigenvalue weighted by molar-refractivity contribution is 6.44. The van der Waals surface area contributed by atoms with Crippen LogP contribution in [0, 0.1) is 13.8 Å². The zero-order valence-electron chi connectivity index (χ0n) is 18.8. The number of carbonyl (C=O) groups is 4. The Morgan fingerprint density at radius 3 is 2.44 bits per heavy atom. The van der Waals surface area contributed by atoms with E-state index < -0.39 is 23.1 Å². The topological polar surface area (TPSA) is 109 Å². The first-order valence-electron chi connectivity index (χ1n) is 10.4. The molecule has 3 rings (SSSR count). The minimum atomic E-state index is -1.26. The van der Waals surface area contributed by atoms with Crippen LogP contribution in [0.3, 0.4) is 0 Å². The fourth-order valence-corrected chi connectivity index (χ4v) is 4.18. The summed E-state index contributed by atoms with van der Waals surface area (Å²) in [6.07, 6.45) is 1.34. The van der Waals surface area contributed by atoms with Gasteiger partial charge in [0.1, 0.15) is 11.2 Å². The molecule has 1 aromatic heterocycles. The molecule has 170 valence electrons. The number of amides is 3. The summed E-state index contributed by atoms with van der Waals surface area (Å²) in [4.78, 5) is 50.9. The molecular weight excluding hydrogens is 432 g/mol. The molecule has 1 aliphatic rings. The average Bonchev–Trinajstić information content (AvgIpc) is 3.28. The van der Waals surface area contributed by atoms with Crippen LogP contribution in [0.5, 0.6) is 0 Å². The molecule has 2 heterocycles. The van der Waals surface area contributed by atoms with Gasteiger partial charge in [0, 0.05) is 30.0 Å². The number of halogens is 1. The minimum absolute atomic E-state index is 0.222. The highest BCUT2D eigenvalue weighted by Gasteiger charge is 2.36. The standard InChI is InChI=1S/C23H27ClN4O4/c1-12-8-9-14(11-15(12)24)26-20(30)18-13(2)17(16-7-6-10-28(16)18)19(29)21(31)27-23(3,4)22(32)25-5/h8-9,11H,6-7,10H2,1-5H3,(H,25,32)(H,26,30)(H,27,31). The largest absolute Gasteiger partial charge is 0.357 e. The molecule has 0 saturated heterocycles. The predicted molar refractivity (Wildman–Crippen MR) is 122 cm³/mol. The lowest BCUT2D eigenvalue weighted by atomic mass is 10.00. The van der Waals surface area contributed by atoms with E-state index in [9.17, 15) is 19.2 Å². The zero-order valence-corrected chi connectivity index (χ0v) is 19.6. The van der Waals surface area contributed by atoms with Crippen molar-refractivity contribution in [2.45, 2.75) is 52.6 Å². The van der Waals surface area contributed by atoms with E-state index in [0.29, 0.717) is 40.6 Å². The molecule has 2 aromatic rings. The third kappa shape index (κ3) is 4.27. The number of Topliss-reactive ketones (excluding diaryl/α,β-unsaturated/α-hetero) is 1. The summed E-state index contributed by atoms with van der Waals surface area (Å²) >= 11 is 6.16. The Labute approximate surface area is 191 Å². The van der Waals surface area contributed by atoms with Crippen LogP contribution in [0.4, 0.5) is 5.69 Å².